The van der Waals surface area contributed by atoms with Crippen molar-refractivity contribution in [1.29, 1.82) is 0 Å². The Bertz CT molecular complexity index is 142. The zero-order valence-electron chi connectivity index (χ0n) is 11.2. The fourth-order valence-electron chi connectivity index (χ4n) is 1.90. The Morgan fingerprint density at radius 1 is 1.31 bits per heavy atom. The van der Waals surface area contributed by atoms with Gasteiger partial charge in [0.25, 0.3) is 0 Å². The molecule has 0 aromatic rings. The summed E-state index contributed by atoms with van der Waals surface area (Å²) in [7, 11) is 0. The van der Waals surface area contributed by atoms with Gasteiger partial charge in [0.1, 0.15) is 0 Å². The highest BCUT2D eigenvalue weighted by Gasteiger charge is 2.09. The highest BCUT2D eigenvalue weighted by Crippen LogP contribution is 2.14. The first-order valence-electron chi connectivity index (χ1n) is 6.60. The third-order valence-corrected chi connectivity index (χ3v) is 3.61. The predicted octanol–water partition coefficient (Wildman–Crippen LogP) is 2.76. The SMILES string of the molecule is CCSCCCNCC(CCO)CC(C)C. The van der Waals surface area contributed by atoms with E-state index in [1.807, 2.05) is 11.8 Å². The van der Waals surface area contributed by atoms with Crippen molar-refractivity contribution in [3.05, 3.63) is 0 Å². The molecule has 0 aliphatic rings. The number of aliphatic hydroxyl groups is 1. The van der Waals surface area contributed by atoms with Crippen LogP contribution in [0.2, 0.25) is 0 Å². The summed E-state index contributed by atoms with van der Waals surface area (Å²) in [5.41, 5.74) is 0. The molecular weight excluding hydrogens is 218 g/mol. The molecule has 2 nitrogen and oxygen atoms in total. The summed E-state index contributed by atoms with van der Waals surface area (Å²) in [6.07, 6.45) is 3.41. The Morgan fingerprint density at radius 3 is 2.62 bits per heavy atom. The molecule has 0 heterocycles. The van der Waals surface area contributed by atoms with Gasteiger partial charge in [-0.1, -0.05) is 20.8 Å². The van der Waals surface area contributed by atoms with Crippen LogP contribution in [0.15, 0.2) is 0 Å². The van der Waals surface area contributed by atoms with E-state index in [9.17, 15) is 0 Å². The molecular formula is C13H29NOS. The number of rotatable bonds is 11. The van der Waals surface area contributed by atoms with E-state index in [0.717, 1.165) is 25.4 Å². The average Bonchev–Trinajstić information content (AvgIpc) is 2.22. The fourth-order valence-corrected chi connectivity index (χ4v) is 2.54. The molecule has 0 aliphatic heterocycles. The Kier molecular flexibility index (Phi) is 11.9. The lowest BCUT2D eigenvalue weighted by atomic mass is 9.94. The van der Waals surface area contributed by atoms with Gasteiger partial charge < -0.3 is 10.4 Å². The normalized spacial score (nSPS) is 13.3. The average molecular weight is 247 g/mol. The highest BCUT2D eigenvalue weighted by molar-refractivity contribution is 7.99. The lowest BCUT2D eigenvalue weighted by molar-refractivity contribution is 0.239. The summed E-state index contributed by atoms with van der Waals surface area (Å²) >= 11 is 2.01. The van der Waals surface area contributed by atoms with Crippen LogP contribution in [-0.2, 0) is 0 Å². The van der Waals surface area contributed by atoms with Crippen molar-refractivity contribution in [2.75, 3.05) is 31.2 Å². The van der Waals surface area contributed by atoms with Crippen molar-refractivity contribution >= 4 is 11.8 Å². The van der Waals surface area contributed by atoms with E-state index in [4.69, 9.17) is 5.11 Å². The summed E-state index contributed by atoms with van der Waals surface area (Å²) in [6.45, 7) is 9.22. The zero-order valence-corrected chi connectivity index (χ0v) is 12.0. The van der Waals surface area contributed by atoms with E-state index in [1.54, 1.807) is 0 Å². The van der Waals surface area contributed by atoms with Crippen molar-refractivity contribution in [3.8, 4) is 0 Å². The van der Waals surface area contributed by atoms with E-state index >= 15 is 0 Å². The molecule has 0 aromatic carbocycles. The fraction of sp³-hybridized carbons (Fsp3) is 1.00. The minimum Gasteiger partial charge on any atom is -0.396 e. The number of thioether (sulfide) groups is 1. The molecule has 1 unspecified atom stereocenters. The quantitative estimate of drug-likeness (QED) is 0.551. The van der Waals surface area contributed by atoms with Crippen LogP contribution < -0.4 is 5.32 Å². The smallest absolute Gasteiger partial charge is 0.0434 e. The molecule has 3 heteroatoms. The topological polar surface area (TPSA) is 32.3 Å². The lowest BCUT2D eigenvalue weighted by Crippen LogP contribution is -2.26. The van der Waals surface area contributed by atoms with Crippen molar-refractivity contribution in [3.63, 3.8) is 0 Å². The Morgan fingerprint density at radius 2 is 2.06 bits per heavy atom. The number of aliphatic hydroxyl groups excluding tert-OH is 1. The van der Waals surface area contributed by atoms with Gasteiger partial charge in [0.2, 0.25) is 0 Å². The molecule has 0 amide bonds. The first-order valence-corrected chi connectivity index (χ1v) is 7.75. The summed E-state index contributed by atoms with van der Waals surface area (Å²) in [6, 6.07) is 0. The molecule has 0 aliphatic carbocycles. The van der Waals surface area contributed by atoms with E-state index < -0.39 is 0 Å². The van der Waals surface area contributed by atoms with Crippen LogP contribution in [0.1, 0.15) is 40.0 Å². The molecule has 0 rings (SSSR count). The third-order valence-electron chi connectivity index (χ3n) is 2.62. The molecule has 2 N–H and O–H groups in total. The molecule has 0 saturated heterocycles. The van der Waals surface area contributed by atoms with Crippen LogP contribution in [0.3, 0.4) is 0 Å². The first kappa shape index (κ1) is 16.3. The number of hydrogen-bond acceptors (Lipinski definition) is 3. The standard InChI is InChI=1S/C13H29NOS/c1-4-16-9-5-7-14-11-13(6-8-15)10-12(2)3/h12-15H,4-11H2,1-3H3. The molecule has 98 valence electrons. The minimum atomic E-state index is 0.324. The first-order chi connectivity index (χ1) is 7.70. The van der Waals surface area contributed by atoms with Crippen LogP contribution in [0.4, 0.5) is 0 Å². The van der Waals surface area contributed by atoms with Gasteiger partial charge in [-0.3, -0.25) is 0 Å². The Hall–Kier alpha value is 0.270. The highest BCUT2D eigenvalue weighted by atomic mass is 32.2. The van der Waals surface area contributed by atoms with Crippen molar-refractivity contribution in [1.82, 2.24) is 5.32 Å². The molecule has 0 bridgehead atoms. The summed E-state index contributed by atoms with van der Waals surface area (Å²) in [4.78, 5) is 0. The van der Waals surface area contributed by atoms with Gasteiger partial charge in [0.15, 0.2) is 0 Å². The second kappa shape index (κ2) is 11.7. The molecule has 1 atom stereocenters. The molecule has 0 spiro atoms. The van der Waals surface area contributed by atoms with Crippen molar-refractivity contribution < 1.29 is 5.11 Å². The second-order valence-electron chi connectivity index (χ2n) is 4.76. The lowest BCUT2D eigenvalue weighted by Gasteiger charge is -2.18. The largest absolute Gasteiger partial charge is 0.396 e. The minimum absolute atomic E-state index is 0.324. The maximum atomic E-state index is 8.99. The third kappa shape index (κ3) is 10.8. The predicted molar refractivity (Wildman–Crippen MR) is 75.1 cm³/mol. The van der Waals surface area contributed by atoms with Gasteiger partial charge in [-0.15, -0.1) is 0 Å². The van der Waals surface area contributed by atoms with Gasteiger partial charge in [-0.25, -0.2) is 0 Å². The molecule has 0 fully saturated rings. The van der Waals surface area contributed by atoms with Gasteiger partial charge in [-0.2, -0.15) is 11.8 Å². The summed E-state index contributed by atoms with van der Waals surface area (Å²) in [5, 5.41) is 12.5. The molecule has 16 heavy (non-hydrogen) atoms. The van der Waals surface area contributed by atoms with Gasteiger partial charge >= 0.3 is 0 Å². The number of nitrogens with one attached hydrogen (secondary N) is 1. The summed E-state index contributed by atoms with van der Waals surface area (Å²) in [5.74, 6) is 3.86. The van der Waals surface area contributed by atoms with Gasteiger partial charge in [0, 0.05) is 6.61 Å². The van der Waals surface area contributed by atoms with Crippen LogP contribution in [0.25, 0.3) is 0 Å². The van der Waals surface area contributed by atoms with E-state index in [2.05, 4.69) is 26.1 Å². The van der Waals surface area contributed by atoms with Crippen LogP contribution in [0.5, 0.6) is 0 Å². The van der Waals surface area contributed by atoms with Gasteiger partial charge in [-0.05, 0) is 55.7 Å². The van der Waals surface area contributed by atoms with E-state index in [1.165, 1.54) is 24.3 Å². The molecule has 0 aromatic heterocycles. The van der Waals surface area contributed by atoms with Gasteiger partial charge in [0.05, 0.1) is 0 Å². The second-order valence-corrected chi connectivity index (χ2v) is 6.16. The van der Waals surface area contributed by atoms with E-state index in [-0.39, 0.29) is 0 Å². The Labute approximate surface area is 106 Å². The maximum Gasteiger partial charge on any atom is 0.0434 e. The van der Waals surface area contributed by atoms with Crippen LogP contribution >= 0.6 is 11.8 Å². The van der Waals surface area contributed by atoms with Crippen molar-refractivity contribution in [2.45, 2.75) is 40.0 Å². The van der Waals surface area contributed by atoms with Crippen LogP contribution in [-0.4, -0.2) is 36.3 Å². The monoisotopic (exact) mass is 247 g/mol. The maximum absolute atomic E-state index is 8.99. The number of hydrogen-bond donors (Lipinski definition) is 2. The molecule has 0 radical (unpaired) electrons. The summed E-state index contributed by atoms with van der Waals surface area (Å²) < 4.78 is 0. The van der Waals surface area contributed by atoms with Crippen molar-refractivity contribution in [2.24, 2.45) is 11.8 Å². The zero-order chi connectivity index (χ0) is 12.2. The molecule has 0 saturated carbocycles. The van der Waals surface area contributed by atoms with Crippen LogP contribution in [0, 0.1) is 11.8 Å². The Balaban J connectivity index is 3.44. The van der Waals surface area contributed by atoms with E-state index in [0.29, 0.717) is 12.5 Å².